The smallest absolute Gasteiger partial charge is 0.340 e. The Hall–Kier alpha value is -3.55. The lowest BCUT2D eigenvalue weighted by atomic mass is 10.1. The summed E-state index contributed by atoms with van der Waals surface area (Å²) in [5.41, 5.74) is -1.53. The fourth-order valence-corrected chi connectivity index (χ4v) is 2.95. The van der Waals surface area contributed by atoms with Crippen molar-refractivity contribution in [2.75, 3.05) is 13.6 Å². The quantitative estimate of drug-likeness (QED) is 0.663. The highest BCUT2D eigenvalue weighted by Crippen LogP contribution is 2.15. The minimum Gasteiger partial charge on any atom is -0.340 e. The number of hydrogen-bond donors (Lipinski definition) is 0. The van der Waals surface area contributed by atoms with Crippen molar-refractivity contribution in [2.45, 2.75) is 19.9 Å². The predicted molar refractivity (Wildman–Crippen MR) is 107 cm³/mol. The van der Waals surface area contributed by atoms with Crippen molar-refractivity contribution in [3.63, 3.8) is 0 Å². The second-order valence-corrected chi connectivity index (χ2v) is 6.58. The standard InChI is InChI=1S/C21H21FN4O3/c1-4-24(3)19(27)18-20(28)25(14(2)15-10-6-5-7-11-15)21(29)26(23-18)17-13-9-8-12-16(17)22/h5-14H,4H2,1-3H3/t14-/m1/s1. The van der Waals surface area contributed by atoms with Gasteiger partial charge in [0, 0.05) is 13.6 Å². The monoisotopic (exact) mass is 396 g/mol. The van der Waals surface area contributed by atoms with E-state index >= 15 is 0 Å². The maximum Gasteiger partial charge on any atom is 0.352 e. The molecule has 7 nitrogen and oxygen atoms in total. The van der Waals surface area contributed by atoms with Crippen LogP contribution >= 0.6 is 0 Å². The molecule has 0 radical (unpaired) electrons. The summed E-state index contributed by atoms with van der Waals surface area (Å²) in [6.45, 7) is 3.75. The van der Waals surface area contributed by atoms with Crippen LogP contribution in [0.2, 0.25) is 0 Å². The van der Waals surface area contributed by atoms with Crippen LogP contribution in [0.4, 0.5) is 4.39 Å². The van der Waals surface area contributed by atoms with Gasteiger partial charge in [0.2, 0.25) is 5.69 Å². The molecule has 0 bridgehead atoms. The summed E-state index contributed by atoms with van der Waals surface area (Å²) < 4.78 is 16.1. The van der Waals surface area contributed by atoms with Crippen LogP contribution in [-0.2, 0) is 0 Å². The molecule has 0 unspecified atom stereocenters. The van der Waals surface area contributed by atoms with Crippen molar-refractivity contribution in [1.82, 2.24) is 19.2 Å². The van der Waals surface area contributed by atoms with Crippen molar-refractivity contribution in [1.29, 1.82) is 0 Å². The van der Waals surface area contributed by atoms with Crippen LogP contribution in [0.1, 0.15) is 35.9 Å². The predicted octanol–water partition coefficient (Wildman–Crippen LogP) is 2.23. The van der Waals surface area contributed by atoms with Gasteiger partial charge in [-0.25, -0.2) is 13.8 Å². The van der Waals surface area contributed by atoms with Crippen LogP contribution in [-0.4, -0.2) is 38.7 Å². The van der Waals surface area contributed by atoms with Gasteiger partial charge in [0.05, 0.1) is 6.04 Å². The van der Waals surface area contributed by atoms with Gasteiger partial charge in [0.1, 0.15) is 11.5 Å². The van der Waals surface area contributed by atoms with E-state index in [4.69, 9.17) is 0 Å². The third-order valence-corrected chi connectivity index (χ3v) is 4.78. The topological polar surface area (TPSA) is 77.2 Å². The minimum atomic E-state index is -0.827. The Morgan fingerprint density at radius 1 is 1.10 bits per heavy atom. The number of para-hydroxylation sites is 1. The van der Waals surface area contributed by atoms with E-state index in [1.54, 1.807) is 44.2 Å². The highest BCUT2D eigenvalue weighted by atomic mass is 19.1. The first kappa shape index (κ1) is 20.2. The fourth-order valence-electron chi connectivity index (χ4n) is 2.95. The summed E-state index contributed by atoms with van der Waals surface area (Å²) in [4.78, 5) is 40.3. The van der Waals surface area contributed by atoms with Gasteiger partial charge in [-0.15, -0.1) is 0 Å². The molecule has 1 aromatic heterocycles. The molecular weight excluding hydrogens is 375 g/mol. The molecule has 29 heavy (non-hydrogen) atoms. The number of halogens is 1. The molecule has 1 amide bonds. The van der Waals surface area contributed by atoms with E-state index in [2.05, 4.69) is 5.10 Å². The van der Waals surface area contributed by atoms with Crippen LogP contribution in [0.25, 0.3) is 5.69 Å². The fraction of sp³-hybridized carbons (Fsp3) is 0.238. The van der Waals surface area contributed by atoms with E-state index in [0.717, 1.165) is 9.25 Å². The Balaban J connectivity index is 2.34. The number of benzene rings is 2. The second-order valence-electron chi connectivity index (χ2n) is 6.58. The Kier molecular flexibility index (Phi) is 5.72. The number of carbonyl (C=O) groups is 1. The van der Waals surface area contributed by atoms with Gasteiger partial charge < -0.3 is 4.90 Å². The van der Waals surface area contributed by atoms with Crippen molar-refractivity contribution in [3.8, 4) is 5.69 Å². The van der Waals surface area contributed by atoms with Gasteiger partial charge in [-0.05, 0) is 31.5 Å². The summed E-state index contributed by atoms with van der Waals surface area (Å²) in [7, 11) is 1.52. The molecule has 0 spiro atoms. The molecular formula is C21H21FN4O3. The summed E-state index contributed by atoms with van der Waals surface area (Å²) in [5, 5.41) is 3.95. The average Bonchev–Trinajstić information content (AvgIpc) is 2.74. The highest BCUT2D eigenvalue weighted by molar-refractivity contribution is 5.91. The van der Waals surface area contributed by atoms with E-state index in [1.165, 1.54) is 30.1 Å². The van der Waals surface area contributed by atoms with E-state index in [-0.39, 0.29) is 5.69 Å². The first-order valence-electron chi connectivity index (χ1n) is 9.18. The van der Waals surface area contributed by atoms with Gasteiger partial charge in [-0.3, -0.25) is 9.59 Å². The van der Waals surface area contributed by atoms with Gasteiger partial charge in [0.15, 0.2) is 0 Å². The van der Waals surface area contributed by atoms with Gasteiger partial charge in [-0.2, -0.15) is 9.78 Å². The van der Waals surface area contributed by atoms with Crippen LogP contribution in [0.3, 0.4) is 0 Å². The minimum absolute atomic E-state index is 0.139. The molecule has 0 N–H and O–H groups in total. The number of amides is 1. The molecule has 0 aliphatic carbocycles. The molecule has 150 valence electrons. The van der Waals surface area contributed by atoms with Crippen molar-refractivity contribution in [2.24, 2.45) is 0 Å². The normalized spacial score (nSPS) is 11.9. The molecule has 2 aromatic carbocycles. The zero-order valence-corrected chi connectivity index (χ0v) is 16.4. The van der Waals surface area contributed by atoms with Crippen molar-refractivity contribution < 1.29 is 9.18 Å². The first-order valence-corrected chi connectivity index (χ1v) is 9.18. The average molecular weight is 396 g/mol. The summed E-state index contributed by atoms with van der Waals surface area (Å²) in [5.74, 6) is -1.33. The van der Waals surface area contributed by atoms with Gasteiger partial charge >= 0.3 is 5.69 Å². The molecule has 0 aliphatic rings. The van der Waals surface area contributed by atoms with Crippen LogP contribution in [0.15, 0.2) is 64.2 Å². The van der Waals surface area contributed by atoms with Crippen molar-refractivity contribution >= 4 is 5.91 Å². The molecule has 3 aromatic rings. The van der Waals surface area contributed by atoms with Crippen LogP contribution < -0.4 is 11.2 Å². The summed E-state index contributed by atoms with van der Waals surface area (Å²) in [6, 6.07) is 13.8. The Morgan fingerprint density at radius 3 is 2.34 bits per heavy atom. The van der Waals surface area contributed by atoms with Crippen LogP contribution in [0.5, 0.6) is 0 Å². The zero-order valence-electron chi connectivity index (χ0n) is 16.4. The molecule has 1 atom stereocenters. The molecule has 3 rings (SSSR count). The molecule has 8 heteroatoms. The van der Waals surface area contributed by atoms with E-state index in [1.807, 2.05) is 6.07 Å². The summed E-state index contributed by atoms with van der Waals surface area (Å²) in [6.07, 6.45) is 0. The summed E-state index contributed by atoms with van der Waals surface area (Å²) >= 11 is 0. The van der Waals surface area contributed by atoms with E-state index < -0.39 is 34.7 Å². The third-order valence-electron chi connectivity index (χ3n) is 4.78. The van der Waals surface area contributed by atoms with E-state index in [0.29, 0.717) is 12.1 Å². The van der Waals surface area contributed by atoms with Crippen molar-refractivity contribution in [3.05, 3.63) is 92.5 Å². The number of nitrogens with zero attached hydrogens (tertiary/aromatic N) is 4. The zero-order chi connectivity index (χ0) is 21.1. The largest absolute Gasteiger partial charge is 0.352 e. The molecule has 0 saturated carbocycles. The second kappa shape index (κ2) is 8.22. The molecule has 1 heterocycles. The first-order chi connectivity index (χ1) is 13.9. The lowest BCUT2D eigenvalue weighted by molar-refractivity contribution is 0.0791. The van der Waals surface area contributed by atoms with Gasteiger partial charge in [-0.1, -0.05) is 42.5 Å². The number of rotatable bonds is 5. The maximum absolute atomic E-state index is 14.4. The number of aromatic nitrogens is 3. The lowest BCUT2D eigenvalue weighted by Gasteiger charge is -2.19. The Labute approximate surface area is 166 Å². The SMILES string of the molecule is CCN(C)C(=O)c1nn(-c2ccccc2F)c(=O)n([C@H](C)c2ccccc2)c1=O. The molecule has 0 fully saturated rings. The number of hydrogen-bond acceptors (Lipinski definition) is 4. The highest BCUT2D eigenvalue weighted by Gasteiger charge is 2.25. The molecule has 0 saturated heterocycles. The Bertz CT molecular complexity index is 1150. The maximum atomic E-state index is 14.4. The number of carbonyl (C=O) groups excluding carboxylic acids is 1. The van der Waals surface area contributed by atoms with Gasteiger partial charge in [0.25, 0.3) is 11.5 Å². The third kappa shape index (κ3) is 3.73. The van der Waals surface area contributed by atoms with Crippen LogP contribution in [0, 0.1) is 5.82 Å². The Morgan fingerprint density at radius 2 is 1.72 bits per heavy atom. The molecule has 0 aliphatic heterocycles. The van der Waals surface area contributed by atoms with E-state index in [9.17, 15) is 18.8 Å². The lowest BCUT2D eigenvalue weighted by Crippen LogP contribution is -2.47.